The number of hydrogen-bond acceptors (Lipinski definition) is 5. The van der Waals surface area contributed by atoms with E-state index in [1.54, 1.807) is 36.4 Å². The molecule has 10 heteroatoms. The number of rotatable bonds is 5. The van der Waals surface area contributed by atoms with Crippen molar-refractivity contribution in [1.29, 1.82) is 0 Å². The molecule has 1 aromatic heterocycles. The molecule has 0 aliphatic rings. The fourth-order valence-corrected chi connectivity index (χ4v) is 3.42. The molecule has 0 N–H and O–H groups in total. The molecule has 30 heavy (non-hydrogen) atoms. The molecular formula is C20H14Cl4N2O4. The Kier molecular flexibility index (Phi) is 6.93. The van der Waals surface area contributed by atoms with Gasteiger partial charge in [0.1, 0.15) is 6.54 Å². The van der Waals surface area contributed by atoms with E-state index in [0.29, 0.717) is 42.6 Å². The van der Waals surface area contributed by atoms with E-state index in [1.165, 1.54) is 18.8 Å². The highest BCUT2D eigenvalue weighted by molar-refractivity contribution is 6.42. The molecule has 0 fully saturated rings. The maximum Gasteiger partial charge on any atom is 0.374 e. The van der Waals surface area contributed by atoms with E-state index in [-0.39, 0.29) is 12.4 Å². The summed E-state index contributed by atoms with van der Waals surface area (Å²) in [6.07, 6.45) is 0. The van der Waals surface area contributed by atoms with Crippen LogP contribution in [0.4, 0.5) is 0 Å². The van der Waals surface area contributed by atoms with Gasteiger partial charge in [-0.2, -0.15) is 0 Å². The van der Waals surface area contributed by atoms with Crippen molar-refractivity contribution >= 4 is 58.3 Å². The van der Waals surface area contributed by atoms with E-state index in [0.717, 1.165) is 0 Å². The largest absolute Gasteiger partial charge is 0.468 e. The second-order valence-corrected chi connectivity index (χ2v) is 7.67. The number of nitrogens with zero attached hydrogens (tertiary/aromatic N) is 2. The smallest absolute Gasteiger partial charge is 0.374 e. The summed E-state index contributed by atoms with van der Waals surface area (Å²) in [5, 5.41) is 1.30. The standard InChI is InChI=1S/C20H14Cl4N2O4/c1-29-16(27)9-26-18(11-4-6-13(22)15(24)8-11)17(25-19(26)20(28)30-2)10-3-5-12(21)14(23)7-10/h3-8H,9H2,1-2H3. The lowest BCUT2D eigenvalue weighted by atomic mass is 10.0. The number of ether oxygens (including phenoxy) is 2. The molecule has 156 valence electrons. The lowest BCUT2D eigenvalue weighted by molar-refractivity contribution is -0.141. The zero-order chi connectivity index (χ0) is 22.0. The topological polar surface area (TPSA) is 70.4 Å². The third kappa shape index (κ3) is 4.42. The summed E-state index contributed by atoms with van der Waals surface area (Å²) in [4.78, 5) is 28.9. The van der Waals surface area contributed by atoms with Crippen molar-refractivity contribution in [3.05, 3.63) is 62.3 Å². The molecule has 6 nitrogen and oxygen atoms in total. The number of hydrogen-bond donors (Lipinski definition) is 0. The van der Waals surface area contributed by atoms with Crippen LogP contribution in [0, 0.1) is 0 Å². The SMILES string of the molecule is COC(=O)Cn1c(C(=O)OC)nc(-c2ccc(Cl)c(Cl)c2)c1-c1ccc(Cl)c(Cl)c1. The molecule has 3 aromatic rings. The van der Waals surface area contributed by atoms with Crippen molar-refractivity contribution in [3.8, 4) is 22.5 Å². The van der Waals surface area contributed by atoms with E-state index in [2.05, 4.69) is 4.98 Å². The number of carbonyl (C=O) groups is 2. The van der Waals surface area contributed by atoms with E-state index in [4.69, 9.17) is 55.9 Å². The van der Waals surface area contributed by atoms with Gasteiger partial charge in [0.2, 0.25) is 5.82 Å². The summed E-state index contributed by atoms with van der Waals surface area (Å²) in [5.74, 6) is -1.41. The predicted octanol–water partition coefficient (Wildman–Crippen LogP) is 5.79. The van der Waals surface area contributed by atoms with Gasteiger partial charge in [-0.05, 0) is 24.3 Å². The van der Waals surface area contributed by atoms with Gasteiger partial charge >= 0.3 is 11.9 Å². The van der Waals surface area contributed by atoms with Crippen LogP contribution in [0.1, 0.15) is 10.6 Å². The highest BCUT2D eigenvalue weighted by Crippen LogP contribution is 2.38. The molecule has 0 unspecified atom stereocenters. The average Bonchev–Trinajstić information content (AvgIpc) is 3.10. The first-order valence-electron chi connectivity index (χ1n) is 8.43. The lowest BCUT2D eigenvalue weighted by Crippen LogP contribution is -2.18. The average molecular weight is 488 g/mol. The van der Waals surface area contributed by atoms with Crippen LogP contribution in [0.15, 0.2) is 36.4 Å². The van der Waals surface area contributed by atoms with Crippen LogP contribution in [0.5, 0.6) is 0 Å². The molecule has 0 atom stereocenters. The Morgan fingerprint density at radius 3 is 1.97 bits per heavy atom. The number of carbonyl (C=O) groups excluding carboxylic acids is 2. The summed E-state index contributed by atoms with van der Waals surface area (Å²) in [5.41, 5.74) is 1.94. The molecule has 0 bridgehead atoms. The van der Waals surface area contributed by atoms with Crippen molar-refractivity contribution < 1.29 is 19.1 Å². The number of aromatic nitrogens is 2. The van der Waals surface area contributed by atoms with Crippen molar-refractivity contribution in [1.82, 2.24) is 9.55 Å². The maximum atomic E-state index is 12.4. The van der Waals surface area contributed by atoms with Crippen LogP contribution in [0.2, 0.25) is 20.1 Å². The zero-order valence-electron chi connectivity index (χ0n) is 15.7. The monoisotopic (exact) mass is 486 g/mol. The normalized spacial score (nSPS) is 10.7. The molecule has 2 aromatic carbocycles. The first-order valence-corrected chi connectivity index (χ1v) is 9.94. The molecule has 0 aliphatic carbocycles. The Hall–Kier alpha value is -2.25. The number of methoxy groups -OCH3 is 2. The van der Waals surface area contributed by atoms with Crippen LogP contribution in [-0.2, 0) is 20.8 Å². The van der Waals surface area contributed by atoms with Gasteiger partial charge < -0.3 is 14.0 Å². The molecule has 0 saturated heterocycles. The first kappa shape index (κ1) is 22.4. The van der Waals surface area contributed by atoms with Crippen LogP contribution in [-0.4, -0.2) is 35.7 Å². The summed E-state index contributed by atoms with van der Waals surface area (Å²) in [7, 11) is 2.47. The predicted molar refractivity (Wildman–Crippen MR) is 116 cm³/mol. The Balaban J connectivity index is 2.36. The summed E-state index contributed by atoms with van der Waals surface area (Å²) < 4.78 is 11.0. The van der Waals surface area contributed by atoms with Crippen LogP contribution in [0.25, 0.3) is 22.5 Å². The minimum atomic E-state index is -0.730. The number of benzene rings is 2. The van der Waals surface area contributed by atoms with Crippen LogP contribution < -0.4 is 0 Å². The van der Waals surface area contributed by atoms with Gasteiger partial charge in [0.15, 0.2) is 0 Å². The van der Waals surface area contributed by atoms with Gasteiger partial charge in [0, 0.05) is 11.1 Å². The molecule has 0 radical (unpaired) electrons. The van der Waals surface area contributed by atoms with Gasteiger partial charge in [0.25, 0.3) is 0 Å². The lowest BCUT2D eigenvalue weighted by Gasteiger charge is -2.12. The Morgan fingerprint density at radius 1 is 0.867 bits per heavy atom. The fourth-order valence-electron chi connectivity index (χ4n) is 2.83. The van der Waals surface area contributed by atoms with Gasteiger partial charge in [-0.15, -0.1) is 0 Å². The second kappa shape index (κ2) is 9.27. The van der Waals surface area contributed by atoms with E-state index < -0.39 is 11.9 Å². The minimum absolute atomic E-state index is 0.0926. The van der Waals surface area contributed by atoms with Crippen LogP contribution in [0.3, 0.4) is 0 Å². The van der Waals surface area contributed by atoms with Gasteiger partial charge in [-0.25, -0.2) is 9.78 Å². The molecule has 0 aliphatic heterocycles. The third-order valence-corrected chi connectivity index (χ3v) is 5.71. The molecular weight excluding hydrogens is 474 g/mol. The van der Waals surface area contributed by atoms with Crippen molar-refractivity contribution in [2.75, 3.05) is 14.2 Å². The van der Waals surface area contributed by atoms with E-state index >= 15 is 0 Å². The van der Waals surface area contributed by atoms with Gasteiger partial charge in [0.05, 0.1) is 45.7 Å². The van der Waals surface area contributed by atoms with Gasteiger partial charge in [-0.1, -0.05) is 58.5 Å². The highest BCUT2D eigenvalue weighted by atomic mass is 35.5. The summed E-state index contributed by atoms with van der Waals surface area (Å²) in [6, 6.07) is 9.82. The maximum absolute atomic E-state index is 12.4. The summed E-state index contributed by atoms with van der Waals surface area (Å²) in [6.45, 7) is -0.287. The third-order valence-electron chi connectivity index (χ3n) is 4.24. The molecule has 0 saturated carbocycles. The van der Waals surface area contributed by atoms with Crippen molar-refractivity contribution in [2.45, 2.75) is 6.54 Å². The molecule has 0 amide bonds. The summed E-state index contributed by atoms with van der Waals surface area (Å²) >= 11 is 24.5. The van der Waals surface area contributed by atoms with E-state index in [9.17, 15) is 9.59 Å². The zero-order valence-corrected chi connectivity index (χ0v) is 18.7. The number of halogens is 4. The second-order valence-electron chi connectivity index (χ2n) is 6.04. The van der Waals surface area contributed by atoms with Gasteiger partial charge in [-0.3, -0.25) is 4.79 Å². The Morgan fingerprint density at radius 2 is 1.43 bits per heavy atom. The molecule has 1 heterocycles. The van der Waals surface area contributed by atoms with Crippen molar-refractivity contribution in [2.24, 2.45) is 0 Å². The number of imidazole rings is 1. The quantitative estimate of drug-likeness (QED) is 0.426. The minimum Gasteiger partial charge on any atom is -0.468 e. The fraction of sp³-hybridized carbons (Fsp3) is 0.150. The van der Waals surface area contributed by atoms with Crippen LogP contribution >= 0.6 is 46.4 Å². The molecule has 0 spiro atoms. The van der Waals surface area contributed by atoms with Crippen molar-refractivity contribution in [3.63, 3.8) is 0 Å². The van der Waals surface area contributed by atoms with E-state index in [1.807, 2.05) is 0 Å². The number of esters is 2. The molecule has 3 rings (SSSR count). The highest BCUT2D eigenvalue weighted by Gasteiger charge is 2.27. The Bertz CT molecular complexity index is 1140. The first-order chi connectivity index (χ1) is 14.3. The Labute approximate surface area is 192 Å².